The second-order valence-corrected chi connectivity index (χ2v) is 6.06. The molecule has 0 spiro atoms. The van der Waals surface area contributed by atoms with E-state index >= 15 is 0 Å². The van der Waals surface area contributed by atoms with Crippen molar-refractivity contribution in [1.82, 2.24) is 14.7 Å². The summed E-state index contributed by atoms with van der Waals surface area (Å²) in [5.41, 5.74) is 0.457. The van der Waals surface area contributed by atoms with Crippen LogP contribution in [0.4, 0.5) is 5.69 Å². The van der Waals surface area contributed by atoms with E-state index < -0.39 is 0 Å². The van der Waals surface area contributed by atoms with Gasteiger partial charge in [0.05, 0.1) is 18.4 Å². The number of hydrogen-bond donors (Lipinski definition) is 1. The summed E-state index contributed by atoms with van der Waals surface area (Å²) in [7, 11) is 3.93. The molecule has 1 saturated carbocycles. The first-order valence-corrected chi connectivity index (χ1v) is 7.62. The van der Waals surface area contributed by atoms with Crippen molar-refractivity contribution in [3.05, 3.63) is 21.6 Å². The first kappa shape index (κ1) is 15.3. The molecule has 20 heavy (non-hydrogen) atoms. The molecule has 0 unspecified atom stereocenters. The molecule has 1 heterocycles. The summed E-state index contributed by atoms with van der Waals surface area (Å²) in [6.45, 7) is 1.31. The van der Waals surface area contributed by atoms with Crippen LogP contribution in [0.5, 0.6) is 0 Å². The minimum absolute atomic E-state index is 0.214. The van der Waals surface area contributed by atoms with Crippen molar-refractivity contribution in [3.8, 4) is 0 Å². The molecule has 1 aromatic heterocycles. The third-order valence-electron chi connectivity index (χ3n) is 3.71. The Labute approximate surface area is 124 Å². The molecule has 0 aromatic carbocycles. The van der Waals surface area contributed by atoms with Gasteiger partial charge in [0, 0.05) is 12.6 Å². The number of hydrogen-bond acceptors (Lipinski definition) is 4. The molecular weight excluding hydrogens is 276 g/mol. The van der Waals surface area contributed by atoms with Gasteiger partial charge in [-0.1, -0.05) is 30.9 Å². The van der Waals surface area contributed by atoms with Gasteiger partial charge < -0.3 is 10.2 Å². The molecule has 6 heteroatoms. The summed E-state index contributed by atoms with van der Waals surface area (Å²) < 4.78 is 1.42. The summed E-state index contributed by atoms with van der Waals surface area (Å²) in [5.74, 6) is 0. The average Bonchev–Trinajstić information content (AvgIpc) is 2.44. The van der Waals surface area contributed by atoms with Gasteiger partial charge in [0.25, 0.3) is 5.56 Å². The van der Waals surface area contributed by atoms with Crippen LogP contribution >= 0.6 is 11.6 Å². The van der Waals surface area contributed by atoms with E-state index in [9.17, 15) is 4.79 Å². The van der Waals surface area contributed by atoms with Crippen LogP contribution in [0.15, 0.2) is 11.0 Å². The third-order valence-corrected chi connectivity index (χ3v) is 4.07. The quantitative estimate of drug-likeness (QED) is 0.905. The van der Waals surface area contributed by atoms with Crippen molar-refractivity contribution in [1.29, 1.82) is 0 Å². The van der Waals surface area contributed by atoms with Crippen molar-refractivity contribution in [2.24, 2.45) is 0 Å². The summed E-state index contributed by atoms with van der Waals surface area (Å²) in [5, 5.41) is 7.82. The van der Waals surface area contributed by atoms with E-state index in [1.54, 1.807) is 6.20 Å². The van der Waals surface area contributed by atoms with E-state index in [0.29, 0.717) is 18.3 Å². The molecule has 0 bridgehead atoms. The molecule has 0 aliphatic heterocycles. The fourth-order valence-corrected chi connectivity index (χ4v) is 2.69. The third kappa shape index (κ3) is 3.96. The number of rotatable bonds is 5. The van der Waals surface area contributed by atoms with E-state index in [1.165, 1.54) is 23.9 Å². The maximum Gasteiger partial charge on any atom is 0.287 e. The zero-order valence-corrected chi connectivity index (χ0v) is 13.0. The van der Waals surface area contributed by atoms with Crippen LogP contribution in [0, 0.1) is 0 Å². The number of halogens is 1. The van der Waals surface area contributed by atoms with Gasteiger partial charge in [-0.25, -0.2) is 4.68 Å². The monoisotopic (exact) mass is 298 g/mol. The fraction of sp³-hybridized carbons (Fsp3) is 0.714. The molecule has 0 saturated heterocycles. The Hall–Kier alpha value is -1.07. The Balaban J connectivity index is 2.07. The molecule has 2 rings (SSSR count). The number of aromatic nitrogens is 2. The van der Waals surface area contributed by atoms with E-state index in [1.807, 2.05) is 19.0 Å². The molecule has 1 N–H and O–H groups in total. The molecule has 1 aliphatic carbocycles. The second kappa shape index (κ2) is 7.09. The topological polar surface area (TPSA) is 50.2 Å². The molecule has 5 nitrogen and oxygen atoms in total. The zero-order chi connectivity index (χ0) is 14.5. The first-order chi connectivity index (χ1) is 9.58. The highest BCUT2D eigenvalue weighted by molar-refractivity contribution is 6.32. The van der Waals surface area contributed by atoms with Crippen molar-refractivity contribution < 1.29 is 0 Å². The Bertz CT molecular complexity index is 494. The van der Waals surface area contributed by atoms with E-state index in [0.717, 1.165) is 19.4 Å². The number of anilines is 1. The molecule has 1 fully saturated rings. The van der Waals surface area contributed by atoms with Gasteiger partial charge in [0.15, 0.2) is 0 Å². The number of nitrogens with one attached hydrogen (secondary N) is 1. The van der Waals surface area contributed by atoms with Crippen LogP contribution in [-0.4, -0.2) is 41.4 Å². The Morgan fingerprint density at radius 3 is 2.75 bits per heavy atom. The minimum Gasteiger partial charge on any atom is -0.380 e. The Morgan fingerprint density at radius 2 is 2.10 bits per heavy atom. The standard InChI is InChI=1S/C14H23ClN4O/c1-18(2)8-9-19-14(20)13(15)12(10-16-19)17-11-6-4-3-5-7-11/h10-11,17H,3-9H2,1-2H3. The maximum atomic E-state index is 12.2. The SMILES string of the molecule is CN(C)CCn1ncc(NC2CCCCC2)c(Cl)c1=O. The molecule has 0 amide bonds. The predicted octanol–water partition coefficient (Wildman–Crippen LogP) is 2.20. The highest BCUT2D eigenvalue weighted by Gasteiger charge is 2.16. The molecule has 0 atom stereocenters. The Kier molecular flexibility index (Phi) is 5.43. The number of likely N-dealkylation sites (N-methyl/N-ethyl adjacent to an activating group) is 1. The van der Waals surface area contributed by atoms with Crippen LogP contribution in [0.2, 0.25) is 5.02 Å². The van der Waals surface area contributed by atoms with Crippen LogP contribution in [0.3, 0.4) is 0 Å². The summed E-state index contributed by atoms with van der Waals surface area (Å²) in [6.07, 6.45) is 7.73. The van der Waals surface area contributed by atoms with E-state index in [2.05, 4.69) is 10.4 Å². The number of nitrogens with zero attached hydrogens (tertiary/aromatic N) is 3. The van der Waals surface area contributed by atoms with Gasteiger partial charge in [-0.05, 0) is 26.9 Å². The van der Waals surface area contributed by atoms with Gasteiger partial charge in [-0.2, -0.15) is 5.10 Å². The van der Waals surface area contributed by atoms with Crippen molar-refractivity contribution in [3.63, 3.8) is 0 Å². The van der Waals surface area contributed by atoms with Crippen LogP contribution in [-0.2, 0) is 6.54 Å². The lowest BCUT2D eigenvalue weighted by molar-refractivity contribution is 0.367. The lowest BCUT2D eigenvalue weighted by Gasteiger charge is -2.24. The Morgan fingerprint density at radius 1 is 1.40 bits per heavy atom. The smallest absolute Gasteiger partial charge is 0.287 e. The molecule has 112 valence electrons. The summed E-state index contributed by atoms with van der Waals surface area (Å²) in [4.78, 5) is 14.2. The molecule has 1 aromatic rings. The average molecular weight is 299 g/mol. The van der Waals surface area contributed by atoms with E-state index in [4.69, 9.17) is 11.6 Å². The molecular formula is C14H23ClN4O. The van der Waals surface area contributed by atoms with Gasteiger partial charge in [0.1, 0.15) is 5.02 Å². The van der Waals surface area contributed by atoms with E-state index in [-0.39, 0.29) is 10.6 Å². The second-order valence-electron chi connectivity index (χ2n) is 5.68. The predicted molar refractivity (Wildman–Crippen MR) is 82.6 cm³/mol. The summed E-state index contributed by atoms with van der Waals surface area (Å²) in [6, 6.07) is 0.417. The maximum absolute atomic E-state index is 12.2. The first-order valence-electron chi connectivity index (χ1n) is 7.25. The van der Waals surface area contributed by atoms with Gasteiger partial charge in [0.2, 0.25) is 0 Å². The van der Waals surface area contributed by atoms with Gasteiger partial charge in [-0.3, -0.25) is 4.79 Å². The van der Waals surface area contributed by atoms with Crippen molar-refractivity contribution in [2.45, 2.75) is 44.7 Å². The molecule has 0 radical (unpaired) electrons. The minimum atomic E-state index is -0.214. The highest BCUT2D eigenvalue weighted by atomic mass is 35.5. The normalized spacial score (nSPS) is 16.6. The summed E-state index contributed by atoms with van der Waals surface area (Å²) >= 11 is 6.18. The highest BCUT2D eigenvalue weighted by Crippen LogP contribution is 2.23. The largest absolute Gasteiger partial charge is 0.380 e. The lowest BCUT2D eigenvalue weighted by Crippen LogP contribution is -2.30. The van der Waals surface area contributed by atoms with Crippen LogP contribution < -0.4 is 10.9 Å². The zero-order valence-electron chi connectivity index (χ0n) is 12.2. The fourth-order valence-electron chi connectivity index (χ4n) is 2.49. The van der Waals surface area contributed by atoms with Crippen LogP contribution in [0.25, 0.3) is 0 Å². The van der Waals surface area contributed by atoms with Crippen LogP contribution in [0.1, 0.15) is 32.1 Å². The molecule has 1 aliphatic rings. The van der Waals surface area contributed by atoms with Gasteiger partial charge >= 0.3 is 0 Å². The lowest BCUT2D eigenvalue weighted by atomic mass is 9.95. The van der Waals surface area contributed by atoms with Crippen molar-refractivity contribution >= 4 is 17.3 Å². The van der Waals surface area contributed by atoms with Crippen molar-refractivity contribution in [2.75, 3.05) is 26.0 Å². The van der Waals surface area contributed by atoms with Gasteiger partial charge in [-0.15, -0.1) is 0 Å².